The number of nitrogen functional groups attached to an aromatic ring is 1. The van der Waals surface area contributed by atoms with Crippen molar-refractivity contribution in [2.45, 2.75) is 43.2 Å². The van der Waals surface area contributed by atoms with Crippen LogP contribution in [-0.4, -0.2) is 19.7 Å². The summed E-state index contributed by atoms with van der Waals surface area (Å²) in [5.41, 5.74) is 6.74. The second kappa shape index (κ2) is 4.85. The number of hydrogen-bond donors (Lipinski definition) is 1. The normalized spacial score (nSPS) is 11.8. The molecule has 2 N–H and O–H groups in total. The highest BCUT2D eigenvalue weighted by Crippen LogP contribution is 2.29. The van der Waals surface area contributed by atoms with Gasteiger partial charge in [0, 0.05) is 18.5 Å². The lowest BCUT2D eigenvalue weighted by Gasteiger charge is -2.17. The lowest BCUT2D eigenvalue weighted by atomic mass is 9.96. The van der Waals surface area contributed by atoms with Gasteiger partial charge in [-0.3, -0.25) is 4.68 Å². The van der Waals surface area contributed by atoms with E-state index in [1.165, 1.54) is 0 Å². The van der Waals surface area contributed by atoms with Gasteiger partial charge in [0.05, 0.1) is 5.69 Å². The SMILES string of the molecule is Cc1cc(Sc2cc(N)nc(C(C)(C)C)n2)n(C)n1. The molecule has 0 fully saturated rings. The van der Waals surface area contributed by atoms with E-state index >= 15 is 0 Å². The van der Waals surface area contributed by atoms with Crippen LogP contribution in [0.1, 0.15) is 32.3 Å². The van der Waals surface area contributed by atoms with Gasteiger partial charge in [0.1, 0.15) is 21.7 Å². The maximum atomic E-state index is 5.87. The molecule has 5 nitrogen and oxygen atoms in total. The molecular weight excluding hydrogens is 258 g/mol. The van der Waals surface area contributed by atoms with E-state index in [1.54, 1.807) is 17.8 Å². The zero-order valence-electron chi connectivity index (χ0n) is 11.9. The highest BCUT2D eigenvalue weighted by atomic mass is 32.2. The van der Waals surface area contributed by atoms with E-state index < -0.39 is 0 Å². The molecule has 102 valence electrons. The van der Waals surface area contributed by atoms with Gasteiger partial charge in [-0.05, 0) is 13.0 Å². The van der Waals surface area contributed by atoms with E-state index in [2.05, 4.69) is 35.8 Å². The highest BCUT2D eigenvalue weighted by molar-refractivity contribution is 7.99. The highest BCUT2D eigenvalue weighted by Gasteiger charge is 2.19. The molecule has 6 heteroatoms. The smallest absolute Gasteiger partial charge is 0.137 e. The second-order valence-electron chi connectivity index (χ2n) is 5.55. The van der Waals surface area contributed by atoms with Crippen molar-refractivity contribution < 1.29 is 0 Å². The molecule has 0 aromatic carbocycles. The Kier molecular flexibility index (Phi) is 3.54. The monoisotopic (exact) mass is 277 g/mol. The molecule has 0 aliphatic rings. The first-order valence-corrected chi connectivity index (χ1v) is 6.91. The maximum Gasteiger partial charge on any atom is 0.137 e. The van der Waals surface area contributed by atoms with Crippen molar-refractivity contribution in [3.05, 3.63) is 23.7 Å². The molecule has 0 bridgehead atoms. The standard InChI is InChI=1S/C13H19N5S/c1-8-6-11(18(5)17-8)19-10-7-9(14)15-12(16-10)13(2,3)4/h6-7H,1-5H3,(H2,14,15,16). The van der Waals surface area contributed by atoms with Crippen molar-refractivity contribution in [3.8, 4) is 0 Å². The van der Waals surface area contributed by atoms with E-state index in [9.17, 15) is 0 Å². The predicted molar refractivity (Wildman–Crippen MR) is 77.2 cm³/mol. The average molecular weight is 277 g/mol. The van der Waals surface area contributed by atoms with Crippen LogP contribution in [0.15, 0.2) is 22.2 Å². The Bertz CT molecular complexity index is 598. The van der Waals surface area contributed by atoms with Gasteiger partial charge in [-0.15, -0.1) is 0 Å². The number of rotatable bonds is 2. The minimum atomic E-state index is -0.118. The molecule has 0 amide bonds. The van der Waals surface area contributed by atoms with Crippen LogP contribution in [0.3, 0.4) is 0 Å². The van der Waals surface area contributed by atoms with Gasteiger partial charge in [0.2, 0.25) is 0 Å². The summed E-state index contributed by atoms with van der Waals surface area (Å²) in [5.74, 6) is 1.26. The molecule has 0 spiro atoms. The molecule has 0 aliphatic carbocycles. The van der Waals surface area contributed by atoms with E-state index in [0.717, 1.165) is 21.6 Å². The Balaban J connectivity index is 2.35. The Morgan fingerprint density at radius 3 is 2.42 bits per heavy atom. The molecule has 0 saturated heterocycles. The van der Waals surface area contributed by atoms with Crippen LogP contribution in [0.25, 0.3) is 0 Å². The summed E-state index contributed by atoms with van der Waals surface area (Å²) < 4.78 is 1.84. The minimum absolute atomic E-state index is 0.118. The summed E-state index contributed by atoms with van der Waals surface area (Å²) in [6.45, 7) is 8.19. The van der Waals surface area contributed by atoms with Crippen molar-refractivity contribution in [1.82, 2.24) is 19.7 Å². The third kappa shape index (κ3) is 3.26. The Morgan fingerprint density at radius 1 is 1.21 bits per heavy atom. The topological polar surface area (TPSA) is 69.6 Å². The van der Waals surface area contributed by atoms with E-state index in [1.807, 2.05) is 24.7 Å². The number of nitrogens with zero attached hydrogens (tertiary/aromatic N) is 4. The van der Waals surface area contributed by atoms with Crippen molar-refractivity contribution in [1.29, 1.82) is 0 Å². The van der Waals surface area contributed by atoms with E-state index in [4.69, 9.17) is 5.73 Å². The van der Waals surface area contributed by atoms with Gasteiger partial charge < -0.3 is 5.73 Å². The van der Waals surface area contributed by atoms with Crippen molar-refractivity contribution in [2.24, 2.45) is 7.05 Å². The molecule has 0 saturated carbocycles. The van der Waals surface area contributed by atoms with Crippen LogP contribution in [0.2, 0.25) is 0 Å². The third-order valence-electron chi connectivity index (χ3n) is 2.56. The zero-order chi connectivity index (χ0) is 14.2. The molecule has 0 unspecified atom stereocenters. The molecule has 2 heterocycles. The summed E-state index contributed by atoms with van der Waals surface area (Å²) >= 11 is 1.55. The fourth-order valence-corrected chi connectivity index (χ4v) is 2.55. The second-order valence-corrected chi connectivity index (χ2v) is 6.59. The van der Waals surface area contributed by atoms with E-state index in [-0.39, 0.29) is 5.41 Å². The Labute approximate surface area is 117 Å². The summed E-state index contributed by atoms with van der Waals surface area (Å²) in [7, 11) is 1.92. The van der Waals surface area contributed by atoms with Gasteiger partial charge in [0.15, 0.2) is 0 Å². The average Bonchev–Trinajstić information content (AvgIpc) is 2.55. The van der Waals surface area contributed by atoms with Crippen molar-refractivity contribution >= 4 is 17.6 Å². The molecule has 0 aliphatic heterocycles. The van der Waals surface area contributed by atoms with Crippen LogP contribution < -0.4 is 5.73 Å². The fraction of sp³-hybridized carbons (Fsp3) is 0.462. The van der Waals surface area contributed by atoms with E-state index in [0.29, 0.717) is 5.82 Å². The summed E-state index contributed by atoms with van der Waals surface area (Å²) in [6.07, 6.45) is 0. The summed E-state index contributed by atoms with van der Waals surface area (Å²) in [4.78, 5) is 8.89. The zero-order valence-corrected chi connectivity index (χ0v) is 12.7. The van der Waals surface area contributed by atoms with Crippen molar-refractivity contribution in [2.75, 3.05) is 5.73 Å². The Morgan fingerprint density at radius 2 is 1.89 bits per heavy atom. The number of anilines is 1. The lowest BCUT2D eigenvalue weighted by Crippen LogP contribution is -2.17. The van der Waals surface area contributed by atoms with Gasteiger partial charge in [-0.1, -0.05) is 32.5 Å². The Hall–Kier alpha value is -1.56. The summed E-state index contributed by atoms with van der Waals surface area (Å²) in [6, 6.07) is 3.82. The third-order valence-corrected chi connectivity index (χ3v) is 3.57. The quantitative estimate of drug-likeness (QED) is 0.854. The number of aryl methyl sites for hydroxylation is 2. The van der Waals surface area contributed by atoms with Crippen LogP contribution >= 0.6 is 11.8 Å². The molecule has 0 radical (unpaired) electrons. The first-order chi connectivity index (χ1) is 8.75. The lowest BCUT2D eigenvalue weighted by molar-refractivity contribution is 0.539. The number of aromatic nitrogens is 4. The van der Waals surface area contributed by atoms with Gasteiger partial charge in [-0.2, -0.15) is 5.10 Å². The van der Waals surface area contributed by atoms with Crippen LogP contribution in [0, 0.1) is 6.92 Å². The minimum Gasteiger partial charge on any atom is -0.384 e. The summed E-state index contributed by atoms with van der Waals surface area (Å²) in [5, 5.41) is 6.21. The molecule has 2 rings (SSSR count). The molecule has 2 aromatic heterocycles. The first kappa shape index (κ1) is 13.9. The van der Waals surface area contributed by atoms with Gasteiger partial charge >= 0.3 is 0 Å². The maximum absolute atomic E-state index is 5.87. The number of hydrogen-bond acceptors (Lipinski definition) is 5. The van der Waals surface area contributed by atoms with Crippen molar-refractivity contribution in [3.63, 3.8) is 0 Å². The molecular formula is C13H19N5S. The van der Waals surface area contributed by atoms with Gasteiger partial charge in [0.25, 0.3) is 0 Å². The molecule has 19 heavy (non-hydrogen) atoms. The first-order valence-electron chi connectivity index (χ1n) is 6.09. The number of nitrogens with two attached hydrogens (primary N) is 1. The van der Waals surface area contributed by atoms with Crippen LogP contribution in [0.4, 0.5) is 5.82 Å². The predicted octanol–water partition coefficient (Wildman–Crippen LogP) is 2.55. The molecule has 2 aromatic rings. The molecule has 0 atom stereocenters. The van der Waals surface area contributed by atoms with Gasteiger partial charge in [-0.25, -0.2) is 9.97 Å². The fourth-order valence-electron chi connectivity index (χ4n) is 1.62. The van der Waals surface area contributed by atoms with Crippen LogP contribution in [0.5, 0.6) is 0 Å². The van der Waals surface area contributed by atoms with Crippen LogP contribution in [-0.2, 0) is 12.5 Å². The largest absolute Gasteiger partial charge is 0.384 e.